The van der Waals surface area contributed by atoms with Crippen LogP contribution in [-0.4, -0.2) is 55.1 Å². The highest BCUT2D eigenvalue weighted by Gasteiger charge is 2.23. The van der Waals surface area contributed by atoms with Gasteiger partial charge in [-0.1, -0.05) is 6.07 Å². The molecule has 0 radical (unpaired) electrons. The Labute approximate surface area is 120 Å². The predicted octanol–water partition coefficient (Wildman–Crippen LogP) is 0.730. The van der Waals surface area contributed by atoms with Crippen molar-refractivity contribution in [3.63, 3.8) is 0 Å². The van der Waals surface area contributed by atoms with Gasteiger partial charge in [-0.3, -0.25) is 9.69 Å². The minimum atomic E-state index is 0.170. The Morgan fingerprint density at radius 1 is 1.25 bits per heavy atom. The van der Waals surface area contributed by atoms with Gasteiger partial charge < -0.3 is 10.2 Å². The smallest absolute Gasteiger partial charge is 0.234 e. The molecule has 0 spiro atoms. The highest BCUT2D eigenvalue weighted by molar-refractivity contribution is 5.78. The number of nitrogens with one attached hydrogen (secondary N) is 1. The number of amides is 1. The van der Waals surface area contributed by atoms with Gasteiger partial charge in [0.15, 0.2) is 0 Å². The molecule has 1 saturated heterocycles. The van der Waals surface area contributed by atoms with E-state index in [0.717, 1.165) is 44.5 Å². The summed E-state index contributed by atoms with van der Waals surface area (Å²) in [6.07, 6.45) is 4.39. The molecular formula is C15H22N4O. The number of anilines is 1. The molecule has 1 N–H and O–H groups in total. The van der Waals surface area contributed by atoms with Gasteiger partial charge >= 0.3 is 0 Å². The second-order valence-electron chi connectivity index (χ2n) is 5.70. The second-order valence-corrected chi connectivity index (χ2v) is 5.70. The summed E-state index contributed by atoms with van der Waals surface area (Å²) in [5.41, 5.74) is 0. The Bertz CT molecular complexity index is 438. The highest BCUT2D eigenvalue weighted by Crippen LogP contribution is 2.27. The zero-order valence-corrected chi connectivity index (χ0v) is 11.8. The Morgan fingerprint density at radius 2 is 2.05 bits per heavy atom. The summed E-state index contributed by atoms with van der Waals surface area (Å²) in [7, 11) is 0. The number of hydrogen-bond donors (Lipinski definition) is 1. The molecule has 1 saturated carbocycles. The SMILES string of the molecule is O=C(CN1CCN(c2ccccn2)CC1)NCC1CC1. The van der Waals surface area contributed by atoms with Crippen LogP contribution in [0.5, 0.6) is 0 Å². The zero-order chi connectivity index (χ0) is 13.8. The van der Waals surface area contributed by atoms with Crippen LogP contribution >= 0.6 is 0 Å². The van der Waals surface area contributed by atoms with Crippen LogP contribution in [0.15, 0.2) is 24.4 Å². The van der Waals surface area contributed by atoms with E-state index in [1.807, 2.05) is 24.4 Å². The quantitative estimate of drug-likeness (QED) is 0.860. The van der Waals surface area contributed by atoms with Crippen molar-refractivity contribution in [3.05, 3.63) is 24.4 Å². The van der Waals surface area contributed by atoms with Crippen molar-refractivity contribution in [3.8, 4) is 0 Å². The van der Waals surface area contributed by atoms with Gasteiger partial charge in [0.2, 0.25) is 5.91 Å². The number of nitrogens with zero attached hydrogens (tertiary/aromatic N) is 3. The van der Waals surface area contributed by atoms with Crippen LogP contribution in [0.2, 0.25) is 0 Å². The van der Waals surface area contributed by atoms with Crippen LogP contribution in [-0.2, 0) is 4.79 Å². The maximum atomic E-state index is 11.8. The Kier molecular flexibility index (Phi) is 4.16. The molecule has 20 heavy (non-hydrogen) atoms. The number of carbonyl (C=O) groups is 1. The molecule has 2 aliphatic rings. The second kappa shape index (κ2) is 6.22. The van der Waals surface area contributed by atoms with Gasteiger partial charge in [0.25, 0.3) is 0 Å². The first-order chi connectivity index (χ1) is 9.81. The number of rotatable bonds is 5. The van der Waals surface area contributed by atoms with Crippen molar-refractivity contribution in [1.82, 2.24) is 15.2 Å². The summed E-state index contributed by atoms with van der Waals surface area (Å²) in [6.45, 7) is 5.12. The molecule has 5 nitrogen and oxygen atoms in total. The Morgan fingerprint density at radius 3 is 2.70 bits per heavy atom. The van der Waals surface area contributed by atoms with Crippen LogP contribution in [0, 0.1) is 5.92 Å². The number of piperazine rings is 1. The van der Waals surface area contributed by atoms with E-state index in [9.17, 15) is 4.79 Å². The molecule has 1 aromatic rings. The lowest BCUT2D eigenvalue weighted by Crippen LogP contribution is -2.49. The number of aromatic nitrogens is 1. The molecule has 1 amide bonds. The molecule has 0 unspecified atom stereocenters. The van der Waals surface area contributed by atoms with Crippen molar-refractivity contribution in [2.45, 2.75) is 12.8 Å². The minimum Gasteiger partial charge on any atom is -0.355 e. The lowest BCUT2D eigenvalue weighted by molar-refractivity contribution is -0.122. The van der Waals surface area contributed by atoms with Crippen molar-refractivity contribution in [2.24, 2.45) is 5.92 Å². The van der Waals surface area contributed by atoms with Crippen molar-refractivity contribution in [2.75, 3.05) is 44.2 Å². The fraction of sp³-hybridized carbons (Fsp3) is 0.600. The molecule has 0 aromatic carbocycles. The van der Waals surface area contributed by atoms with Gasteiger partial charge in [0.05, 0.1) is 6.54 Å². The van der Waals surface area contributed by atoms with E-state index in [1.165, 1.54) is 12.8 Å². The van der Waals surface area contributed by atoms with Crippen molar-refractivity contribution in [1.29, 1.82) is 0 Å². The van der Waals surface area contributed by atoms with Crippen LogP contribution in [0.1, 0.15) is 12.8 Å². The van der Waals surface area contributed by atoms with E-state index >= 15 is 0 Å². The molecule has 1 aliphatic carbocycles. The summed E-state index contributed by atoms with van der Waals surface area (Å²) in [5.74, 6) is 1.95. The van der Waals surface area contributed by atoms with Crippen LogP contribution in [0.4, 0.5) is 5.82 Å². The Hall–Kier alpha value is -1.62. The largest absolute Gasteiger partial charge is 0.355 e. The number of carbonyl (C=O) groups excluding carboxylic acids is 1. The third-order valence-corrected chi connectivity index (χ3v) is 4.00. The average molecular weight is 274 g/mol. The molecule has 3 rings (SSSR count). The summed E-state index contributed by atoms with van der Waals surface area (Å²) in [6, 6.07) is 5.99. The zero-order valence-electron chi connectivity index (χ0n) is 11.8. The molecule has 108 valence electrons. The molecule has 1 aliphatic heterocycles. The molecular weight excluding hydrogens is 252 g/mol. The molecule has 0 atom stereocenters. The summed E-state index contributed by atoms with van der Waals surface area (Å²) >= 11 is 0. The first-order valence-electron chi connectivity index (χ1n) is 7.46. The minimum absolute atomic E-state index is 0.170. The summed E-state index contributed by atoms with van der Waals surface area (Å²) < 4.78 is 0. The van der Waals surface area contributed by atoms with E-state index in [-0.39, 0.29) is 5.91 Å². The Balaban J connectivity index is 1.40. The summed E-state index contributed by atoms with van der Waals surface area (Å²) in [4.78, 5) is 20.7. The van der Waals surface area contributed by atoms with Crippen molar-refractivity contribution >= 4 is 11.7 Å². The molecule has 2 heterocycles. The van der Waals surface area contributed by atoms with E-state index in [2.05, 4.69) is 20.1 Å². The fourth-order valence-corrected chi connectivity index (χ4v) is 2.52. The van der Waals surface area contributed by atoms with Gasteiger partial charge in [-0.05, 0) is 30.9 Å². The van der Waals surface area contributed by atoms with Crippen LogP contribution < -0.4 is 10.2 Å². The fourth-order valence-electron chi connectivity index (χ4n) is 2.52. The third-order valence-electron chi connectivity index (χ3n) is 4.00. The third kappa shape index (κ3) is 3.70. The molecule has 5 heteroatoms. The van der Waals surface area contributed by atoms with Gasteiger partial charge in [-0.2, -0.15) is 0 Å². The molecule has 1 aromatic heterocycles. The topological polar surface area (TPSA) is 48.5 Å². The lowest BCUT2D eigenvalue weighted by Gasteiger charge is -2.34. The van der Waals surface area contributed by atoms with E-state index in [4.69, 9.17) is 0 Å². The summed E-state index contributed by atoms with van der Waals surface area (Å²) in [5, 5.41) is 3.03. The number of pyridine rings is 1. The standard InChI is InChI=1S/C15H22N4O/c20-15(17-11-13-4-5-13)12-18-7-9-19(10-8-18)14-3-1-2-6-16-14/h1-3,6,13H,4-5,7-12H2,(H,17,20). The first kappa shape index (κ1) is 13.4. The van der Waals surface area contributed by atoms with E-state index < -0.39 is 0 Å². The molecule has 0 bridgehead atoms. The van der Waals surface area contributed by atoms with Crippen molar-refractivity contribution < 1.29 is 4.79 Å². The average Bonchev–Trinajstić information content (AvgIpc) is 3.31. The van der Waals surface area contributed by atoms with E-state index in [1.54, 1.807) is 0 Å². The lowest BCUT2D eigenvalue weighted by atomic mass is 10.3. The highest BCUT2D eigenvalue weighted by atomic mass is 16.2. The normalized spacial score (nSPS) is 19.9. The number of hydrogen-bond acceptors (Lipinski definition) is 4. The van der Waals surface area contributed by atoms with Gasteiger partial charge in [-0.25, -0.2) is 4.98 Å². The molecule has 2 fully saturated rings. The first-order valence-corrected chi connectivity index (χ1v) is 7.46. The van der Waals surface area contributed by atoms with E-state index in [0.29, 0.717) is 6.54 Å². The monoisotopic (exact) mass is 274 g/mol. The maximum Gasteiger partial charge on any atom is 0.234 e. The van der Waals surface area contributed by atoms with Crippen LogP contribution in [0.25, 0.3) is 0 Å². The maximum absolute atomic E-state index is 11.8. The van der Waals surface area contributed by atoms with Crippen LogP contribution in [0.3, 0.4) is 0 Å². The van der Waals surface area contributed by atoms with Gasteiger partial charge in [-0.15, -0.1) is 0 Å². The predicted molar refractivity (Wildman–Crippen MR) is 78.6 cm³/mol. The van der Waals surface area contributed by atoms with Gasteiger partial charge in [0.1, 0.15) is 5.82 Å². The van der Waals surface area contributed by atoms with Gasteiger partial charge in [0, 0.05) is 38.9 Å².